The molecule has 1 unspecified atom stereocenters. The first-order valence-electron chi connectivity index (χ1n) is 18.2. The zero-order valence-electron chi connectivity index (χ0n) is 32.6. The van der Waals surface area contributed by atoms with Crippen LogP contribution in [0.1, 0.15) is 42.2 Å². The number of pyridine rings is 1. The van der Waals surface area contributed by atoms with Crippen molar-refractivity contribution in [3.63, 3.8) is 0 Å². The van der Waals surface area contributed by atoms with Crippen LogP contribution in [-0.4, -0.2) is 74.3 Å². The third-order valence-corrected chi connectivity index (χ3v) is 11.7. The van der Waals surface area contributed by atoms with Crippen molar-refractivity contribution in [2.75, 3.05) is 16.0 Å². The van der Waals surface area contributed by atoms with Crippen molar-refractivity contribution in [3.8, 4) is 22.9 Å². The van der Waals surface area contributed by atoms with Crippen LogP contribution in [0.3, 0.4) is 0 Å². The minimum atomic E-state index is -5.14. The van der Waals surface area contributed by atoms with E-state index in [-0.39, 0.29) is 95.5 Å². The summed E-state index contributed by atoms with van der Waals surface area (Å²) in [5.74, 6) is -3.73. The maximum atomic E-state index is 14.6. The van der Waals surface area contributed by atoms with E-state index in [1.54, 1.807) is 18.2 Å². The van der Waals surface area contributed by atoms with E-state index >= 15 is 0 Å². The molecule has 8 N–H and O–H groups in total. The van der Waals surface area contributed by atoms with Gasteiger partial charge in [-0.3, -0.25) is 23.5 Å². The number of anilines is 6. The number of ketones is 2. The number of carbonyl (C=O) groups is 3. The second-order valence-corrected chi connectivity index (χ2v) is 16.3. The number of aromatic hydroxyl groups is 1. The predicted molar refractivity (Wildman–Crippen MR) is 231 cm³/mol. The summed E-state index contributed by atoms with van der Waals surface area (Å²) in [7, 11) is -3.74. The summed E-state index contributed by atoms with van der Waals surface area (Å²) in [6.07, 6.45) is 0. The standard InChI is InChI=1S/C40H27N7O15S3/c1-47-27-14-13-24(31-32(27)30(20-9-2-3-10-21(20)35(31)49)33(36(47)50)34(48)18-7-6-8-19(15-18)60-64(55)56)41-25-16-26(29(65(57,58)59)17-28(25)63-62-61-54)43-39-44-38(45-40(53)46-39)42-23-12-5-4-11-22(23)37(51)52/h2-17,41,54H,1H3,(H,51,52)(H,55,56)(H,57,58,59)(H3,42,43,44,45,46,53). The fraction of sp³-hybridized carbons (Fsp3) is 0.0250. The molecule has 0 saturated carbocycles. The van der Waals surface area contributed by atoms with E-state index < -0.39 is 67.1 Å². The predicted octanol–water partition coefficient (Wildman–Crippen LogP) is 5.99. The number of rotatable bonds is 15. The summed E-state index contributed by atoms with van der Waals surface area (Å²) in [5, 5.41) is 41.3. The van der Waals surface area contributed by atoms with Gasteiger partial charge in [-0.15, -0.1) is 4.33 Å². The Kier molecular flexibility index (Phi) is 11.9. The number of nitrogens with one attached hydrogen (secondary N) is 3. The SMILES string of the molecule is Cn1c(=O)c(C(=O)c2cccc(OS(=O)O)c2)c2c3c(c(Nc4cc(Nc5nc(O)nc(Nc6ccccc6C(=O)O)n5)c(S(=O)(=O)O)cc4SOOO)ccc31)C(=O)c1ccccc1-2. The molecule has 22 nitrogen and oxygen atoms in total. The van der Waals surface area contributed by atoms with Crippen molar-refractivity contribution < 1.29 is 65.1 Å². The lowest BCUT2D eigenvalue weighted by molar-refractivity contribution is -0.432. The molecule has 5 aromatic carbocycles. The summed E-state index contributed by atoms with van der Waals surface area (Å²) in [6.45, 7) is 0. The molecule has 0 saturated heterocycles. The number of nitrogens with zero attached hydrogens (tertiary/aromatic N) is 4. The van der Waals surface area contributed by atoms with Gasteiger partial charge in [-0.25, -0.2) is 10.1 Å². The van der Waals surface area contributed by atoms with Gasteiger partial charge in [-0.2, -0.15) is 27.6 Å². The van der Waals surface area contributed by atoms with Gasteiger partial charge in [-0.05, 0) is 54.1 Å². The number of aryl methyl sites for hydroxylation is 1. The van der Waals surface area contributed by atoms with Gasteiger partial charge < -0.3 is 34.9 Å². The number of carbonyl (C=O) groups excluding carboxylic acids is 2. The highest BCUT2D eigenvalue weighted by atomic mass is 32.2. The van der Waals surface area contributed by atoms with Crippen LogP contribution < -0.4 is 25.7 Å². The molecular weight excluding hydrogens is 915 g/mol. The van der Waals surface area contributed by atoms with Gasteiger partial charge in [0.15, 0.2) is 11.6 Å². The number of aromatic nitrogens is 4. The minimum Gasteiger partial charge on any atom is -0.479 e. The first kappa shape index (κ1) is 44.0. The van der Waals surface area contributed by atoms with Crippen LogP contribution in [0, 0.1) is 0 Å². The topological polar surface area (TPSA) is 328 Å². The molecular formula is C40H27N7O15S3. The molecule has 0 fully saturated rings. The molecule has 1 aliphatic carbocycles. The zero-order chi connectivity index (χ0) is 46.3. The molecule has 2 aromatic heterocycles. The van der Waals surface area contributed by atoms with Crippen LogP contribution in [0.2, 0.25) is 0 Å². The molecule has 1 aliphatic rings. The summed E-state index contributed by atoms with van der Waals surface area (Å²) in [5.41, 5.74) is -1.29. The Morgan fingerprint density at radius 2 is 1.49 bits per heavy atom. The molecule has 8 rings (SSSR count). The summed E-state index contributed by atoms with van der Waals surface area (Å²) < 4.78 is 67.4. The number of hydrogen-bond acceptors (Lipinski definition) is 19. The Balaban J connectivity index is 1.30. The molecule has 25 heteroatoms. The zero-order valence-corrected chi connectivity index (χ0v) is 35.0. The Bertz CT molecular complexity index is 3370. The van der Waals surface area contributed by atoms with Crippen LogP contribution >= 0.6 is 12.0 Å². The van der Waals surface area contributed by atoms with Crippen LogP contribution in [-0.2, 0) is 37.9 Å². The Morgan fingerprint density at radius 3 is 2.18 bits per heavy atom. The maximum absolute atomic E-state index is 14.6. The highest BCUT2D eigenvalue weighted by Crippen LogP contribution is 2.46. The lowest BCUT2D eigenvalue weighted by Crippen LogP contribution is -2.29. The van der Waals surface area contributed by atoms with E-state index in [1.807, 2.05) is 0 Å². The number of aromatic carboxylic acids is 1. The smallest absolute Gasteiger partial charge is 0.357 e. The van der Waals surface area contributed by atoms with Crippen LogP contribution in [0.4, 0.5) is 34.6 Å². The van der Waals surface area contributed by atoms with E-state index in [0.717, 1.165) is 12.1 Å². The molecule has 0 bridgehead atoms. The Morgan fingerprint density at radius 1 is 0.800 bits per heavy atom. The van der Waals surface area contributed by atoms with Gasteiger partial charge in [0.2, 0.25) is 11.9 Å². The first-order chi connectivity index (χ1) is 31.0. The minimum absolute atomic E-state index is 0.0194. The maximum Gasteiger partial charge on any atom is 0.357 e. The molecule has 2 heterocycles. The van der Waals surface area contributed by atoms with Crippen molar-refractivity contribution >= 4 is 96.6 Å². The number of para-hydroxylation sites is 1. The fourth-order valence-electron chi connectivity index (χ4n) is 7.13. The lowest BCUT2D eigenvalue weighted by Gasteiger charge is -2.26. The van der Waals surface area contributed by atoms with Gasteiger partial charge in [0.05, 0.1) is 61.9 Å². The Hall–Kier alpha value is -7.62. The number of fused-ring (bicyclic) bond motifs is 2. The van der Waals surface area contributed by atoms with E-state index in [9.17, 15) is 51.1 Å². The Labute approximate surface area is 370 Å². The monoisotopic (exact) mass is 941 g/mol. The van der Waals surface area contributed by atoms with Gasteiger partial charge >= 0.3 is 23.3 Å². The first-order valence-corrected chi connectivity index (χ1v) is 21.4. The average molecular weight is 942 g/mol. The van der Waals surface area contributed by atoms with Crippen molar-refractivity contribution in [2.24, 2.45) is 7.05 Å². The van der Waals surface area contributed by atoms with Crippen molar-refractivity contribution in [2.45, 2.75) is 9.79 Å². The fourth-order valence-corrected chi connectivity index (χ4v) is 8.60. The van der Waals surface area contributed by atoms with Gasteiger partial charge in [-0.1, -0.05) is 53.6 Å². The molecule has 0 amide bonds. The van der Waals surface area contributed by atoms with Crippen LogP contribution in [0.15, 0.2) is 112 Å². The summed E-state index contributed by atoms with van der Waals surface area (Å²) in [6, 6.07) is 21.2. The lowest BCUT2D eigenvalue weighted by atomic mass is 9.80. The third kappa shape index (κ3) is 8.58. The van der Waals surface area contributed by atoms with Crippen molar-refractivity contribution in [3.05, 3.63) is 135 Å². The summed E-state index contributed by atoms with van der Waals surface area (Å²) >= 11 is -2.47. The van der Waals surface area contributed by atoms with E-state index in [0.29, 0.717) is 0 Å². The third-order valence-electron chi connectivity index (χ3n) is 9.78. The second kappa shape index (κ2) is 17.5. The van der Waals surface area contributed by atoms with Crippen LogP contribution in [0.5, 0.6) is 11.8 Å². The van der Waals surface area contributed by atoms with Gasteiger partial charge in [0, 0.05) is 29.1 Å². The van der Waals surface area contributed by atoms with Crippen molar-refractivity contribution in [1.29, 1.82) is 0 Å². The number of carboxylic acids is 1. The molecule has 0 spiro atoms. The normalized spacial score (nSPS) is 12.3. The highest BCUT2D eigenvalue weighted by molar-refractivity contribution is 7.94. The average Bonchev–Trinajstić information content (AvgIpc) is 3.26. The van der Waals surface area contributed by atoms with Crippen LogP contribution in [0.25, 0.3) is 22.0 Å². The van der Waals surface area contributed by atoms with Gasteiger partial charge in [0.25, 0.3) is 15.7 Å². The molecule has 7 aromatic rings. The highest BCUT2D eigenvalue weighted by Gasteiger charge is 2.35. The van der Waals surface area contributed by atoms with Crippen molar-refractivity contribution in [1.82, 2.24) is 19.5 Å². The van der Waals surface area contributed by atoms with E-state index in [2.05, 4.69) is 40.3 Å². The largest absolute Gasteiger partial charge is 0.479 e. The molecule has 65 heavy (non-hydrogen) atoms. The number of benzene rings is 5. The summed E-state index contributed by atoms with van der Waals surface area (Å²) in [4.78, 5) is 65.7. The molecule has 1 atom stereocenters. The number of hydrogen-bond donors (Lipinski definition) is 8. The number of carboxylic acid groups (broad SMARTS) is 1. The quantitative estimate of drug-likeness (QED) is 0.0146. The van der Waals surface area contributed by atoms with E-state index in [1.165, 1.54) is 78.3 Å². The molecule has 0 radical (unpaired) electrons. The molecule has 330 valence electrons. The second-order valence-electron chi connectivity index (χ2n) is 13.6. The van der Waals surface area contributed by atoms with Gasteiger partial charge in [0.1, 0.15) is 10.6 Å². The molecule has 0 aliphatic heterocycles. The van der Waals surface area contributed by atoms with E-state index in [4.69, 9.17) is 9.44 Å².